The molecule has 19 heavy (non-hydrogen) atoms. The van der Waals surface area contributed by atoms with Gasteiger partial charge in [-0.2, -0.15) is 13.2 Å². The lowest BCUT2D eigenvalue weighted by atomic mass is 10.1. The Balaban J connectivity index is 2.70. The highest BCUT2D eigenvalue weighted by Crippen LogP contribution is 2.19. The van der Waals surface area contributed by atoms with Crippen LogP contribution in [0.3, 0.4) is 0 Å². The fourth-order valence-corrected chi connectivity index (χ4v) is 1.82. The first kappa shape index (κ1) is 15.6. The van der Waals surface area contributed by atoms with E-state index in [4.69, 9.17) is 5.11 Å². The fraction of sp³-hybridized carbons (Fsp3) is 0.583. The van der Waals surface area contributed by atoms with E-state index in [-0.39, 0.29) is 11.7 Å². The summed E-state index contributed by atoms with van der Waals surface area (Å²) in [5.74, 6) is -0.581. The first-order valence-electron chi connectivity index (χ1n) is 5.90. The highest BCUT2D eigenvalue weighted by atomic mass is 19.4. The van der Waals surface area contributed by atoms with Gasteiger partial charge in [0, 0.05) is 12.2 Å². The lowest BCUT2D eigenvalue weighted by molar-refractivity contribution is -0.140. The van der Waals surface area contributed by atoms with Crippen LogP contribution in [0.2, 0.25) is 0 Å². The molecule has 7 heteroatoms. The number of aliphatic hydroxyl groups is 1. The lowest BCUT2D eigenvalue weighted by Gasteiger charge is -2.17. The Morgan fingerprint density at radius 3 is 2.63 bits per heavy atom. The molecule has 108 valence electrons. The molecular weight excluding hydrogens is 261 g/mol. The summed E-state index contributed by atoms with van der Waals surface area (Å²) in [5, 5.41) is 11.7. The molecule has 0 aliphatic heterocycles. The van der Waals surface area contributed by atoms with E-state index in [9.17, 15) is 18.0 Å². The van der Waals surface area contributed by atoms with Crippen LogP contribution in [-0.2, 0) is 6.54 Å². The quantitative estimate of drug-likeness (QED) is 0.865. The Kier molecular flexibility index (Phi) is 4.99. The van der Waals surface area contributed by atoms with E-state index in [2.05, 4.69) is 5.32 Å². The fourth-order valence-electron chi connectivity index (χ4n) is 1.82. The van der Waals surface area contributed by atoms with Crippen molar-refractivity contribution in [2.75, 3.05) is 0 Å². The van der Waals surface area contributed by atoms with Crippen molar-refractivity contribution in [1.29, 1.82) is 0 Å². The van der Waals surface area contributed by atoms with Gasteiger partial charge in [0.1, 0.15) is 12.2 Å². The van der Waals surface area contributed by atoms with Gasteiger partial charge in [-0.15, -0.1) is 0 Å². The molecule has 4 nitrogen and oxygen atoms in total. The van der Waals surface area contributed by atoms with Crippen molar-refractivity contribution in [2.24, 2.45) is 0 Å². The summed E-state index contributed by atoms with van der Waals surface area (Å²) in [7, 11) is 0. The zero-order valence-electron chi connectivity index (χ0n) is 10.7. The van der Waals surface area contributed by atoms with E-state index < -0.39 is 24.7 Å². The van der Waals surface area contributed by atoms with E-state index in [0.717, 1.165) is 4.57 Å². The zero-order valence-corrected chi connectivity index (χ0v) is 10.7. The van der Waals surface area contributed by atoms with Crippen LogP contribution < -0.4 is 5.32 Å². The summed E-state index contributed by atoms with van der Waals surface area (Å²) >= 11 is 0. The maximum atomic E-state index is 12.3. The molecule has 1 rings (SSSR count). The van der Waals surface area contributed by atoms with E-state index in [1.165, 1.54) is 18.3 Å². The van der Waals surface area contributed by atoms with Crippen LogP contribution in [-0.4, -0.2) is 33.9 Å². The maximum absolute atomic E-state index is 12.3. The Bertz CT molecular complexity index is 427. The van der Waals surface area contributed by atoms with Gasteiger partial charge in [-0.05, 0) is 32.4 Å². The van der Waals surface area contributed by atoms with Crippen LogP contribution in [0.4, 0.5) is 13.2 Å². The number of carbonyl (C=O) groups is 1. The molecule has 0 spiro atoms. The van der Waals surface area contributed by atoms with Crippen molar-refractivity contribution in [3.63, 3.8) is 0 Å². The number of nitrogens with zero attached hydrogens (tertiary/aromatic N) is 1. The van der Waals surface area contributed by atoms with Gasteiger partial charge in [-0.25, -0.2) is 0 Å². The Hall–Kier alpha value is -1.50. The Morgan fingerprint density at radius 1 is 1.47 bits per heavy atom. The SMILES string of the molecule is CC(O)CC(C)NC(=O)c1cccn1CC(F)(F)F. The third-order valence-corrected chi connectivity index (χ3v) is 2.48. The number of amides is 1. The largest absolute Gasteiger partial charge is 0.406 e. The molecule has 2 unspecified atom stereocenters. The minimum Gasteiger partial charge on any atom is -0.393 e. The van der Waals surface area contributed by atoms with E-state index in [0.29, 0.717) is 6.42 Å². The first-order valence-corrected chi connectivity index (χ1v) is 5.90. The predicted octanol–water partition coefficient (Wildman–Crippen LogP) is 1.94. The average molecular weight is 278 g/mol. The third-order valence-electron chi connectivity index (χ3n) is 2.48. The van der Waals surface area contributed by atoms with Crippen molar-refractivity contribution >= 4 is 5.91 Å². The Labute approximate surface area is 109 Å². The molecular formula is C12H17F3N2O2. The molecule has 1 amide bonds. The van der Waals surface area contributed by atoms with Crippen molar-refractivity contribution in [3.8, 4) is 0 Å². The maximum Gasteiger partial charge on any atom is 0.406 e. The smallest absolute Gasteiger partial charge is 0.393 e. The highest BCUT2D eigenvalue weighted by Gasteiger charge is 2.29. The highest BCUT2D eigenvalue weighted by molar-refractivity contribution is 5.92. The second kappa shape index (κ2) is 6.10. The predicted molar refractivity (Wildman–Crippen MR) is 63.7 cm³/mol. The molecule has 1 aromatic heterocycles. The Morgan fingerprint density at radius 2 is 2.11 bits per heavy atom. The van der Waals surface area contributed by atoms with E-state index in [1.54, 1.807) is 13.8 Å². The number of aromatic nitrogens is 1. The number of rotatable bonds is 5. The second-order valence-electron chi connectivity index (χ2n) is 4.60. The molecule has 0 aliphatic rings. The van der Waals surface area contributed by atoms with Crippen molar-refractivity contribution in [3.05, 3.63) is 24.0 Å². The van der Waals surface area contributed by atoms with Crippen LogP contribution in [0.5, 0.6) is 0 Å². The third kappa shape index (κ3) is 5.34. The standard InChI is InChI=1S/C12H17F3N2O2/c1-8(6-9(2)18)16-11(19)10-4-3-5-17(10)7-12(13,14)15/h3-5,8-9,18H,6-7H2,1-2H3,(H,16,19). The number of halogens is 3. The number of hydrogen-bond acceptors (Lipinski definition) is 2. The van der Waals surface area contributed by atoms with Gasteiger partial charge in [0.15, 0.2) is 0 Å². The molecule has 0 aliphatic carbocycles. The minimum atomic E-state index is -4.38. The van der Waals surface area contributed by atoms with Gasteiger partial charge in [0.05, 0.1) is 6.10 Å². The number of carbonyl (C=O) groups excluding carboxylic acids is 1. The number of alkyl halides is 3. The van der Waals surface area contributed by atoms with Crippen LogP contribution in [0, 0.1) is 0 Å². The van der Waals surface area contributed by atoms with Crippen LogP contribution >= 0.6 is 0 Å². The second-order valence-corrected chi connectivity index (χ2v) is 4.60. The minimum absolute atomic E-state index is 0.0465. The molecule has 0 fully saturated rings. The molecule has 0 aromatic carbocycles. The van der Waals surface area contributed by atoms with Gasteiger partial charge in [-0.1, -0.05) is 0 Å². The number of aliphatic hydroxyl groups excluding tert-OH is 1. The van der Waals surface area contributed by atoms with Crippen LogP contribution in [0.25, 0.3) is 0 Å². The molecule has 0 saturated carbocycles. The van der Waals surface area contributed by atoms with Crippen LogP contribution in [0.1, 0.15) is 30.8 Å². The summed E-state index contributed by atoms with van der Waals surface area (Å²) in [6.45, 7) is 2.06. The number of nitrogens with one attached hydrogen (secondary N) is 1. The van der Waals surface area contributed by atoms with Crippen molar-refractivity contribution < 1.29 is 23.1 Å². The summed E-state index contributed by atoms with van der Waals surface area (Å²) in [6, 6.07) is 2.40. The normalized spacial score (nSPS) is 15.1. The van der Waals surface area contributed by atoms with E-state index >= 15 is 0 Å². The summed E-state index contributed by atoms with van der Waals surface area (Å²) in [4.78, 5) is 11.8. The van der Waals surface area contributed by atoms with Gasteiger partial charge in [0.25, 0.3) is 5.91 Å². The average Bonchev–Trinajstić information content (AvgIpc) is 2.61. The molecule has 0 bridgehead atoms. The number of hydrogen-bond donors (Lipinski definition) is 2. The van der Waals surface area contributed by atoms with Gasteiger partial charge in [0.2, 0.25) is 0 Å². The van der Waals surface area contributed by atoms with Gasteiger partial charge < -0.3 is 15.0 Å². The summed E-state index contributed by atoms with van der Waals surface area (Å²) < 4.78 is 37.8. The molecule has 2 atom stereocenters. The molecule has 0 radical (unpaired) electrons. The molecule has 0 saturated heterocycles. The zero-order chi connectivity index (χ0) is 14.6. The molecule has 1 aromatic rings. The lowest BCUT2D eigenvalue weighted by Crippen LogP contribution is -2.36. The molecule has 2 N–H and O–H groups in total. The van der Waals surface area contributed by atoms with Gasteiger partial charge >= 0.3 is 6.18 Å². The first-order chi connectivity index (χ1) is 8.69. The van der Waals surface area contributed by atoms with E-state index in [1.807, 2.05) is 0 Å². The summed E-state index contributed by atoms with van der Waals surface area (Å²) in [6.07, 6.45) is -3.41. The monoisotopic (exact) mass is 278 g/mol. The van der Waals surface area contributed by atoms with Crippen molar-refractivity contribution in [2.45, 2.75) is 45.1 Å². The topological polar surface area (TPSA) is 54.3 Å². The van der Waals surface area contributed by atoms with Gasteiger partial charge in [-0.3, -0.25) is 4.79 Å². The summed E-state index contributed by atoms with van der Waals surface area (Å²) in [5.41, 5.74) is -0.0465. The molecule has 1 heterocycles. The van der Waals surface area contributed by atoms with Crippen LogP contribution in [0.15, 0.2) is 18.3 Å². The van der Waals surface area contributed by atoms with Crippen molar-refractivity contribution in [1.82, 2.24) is 9.88 Å².